The Morgan fingerprint density at radius 2 is 2.18 bits per heavy atom. The molecule has 1 aliphatic heterocycles. The van der Waals surface area contributed by atoms with Crippen molar-refractivity contribution >= 4 is 31.9 Å². The third-order valence-electron chi connectivity index (χ3n) is 3.09. The fourth-order valence-electron chi connectivity index (χ4n) is 2.12. The number of methoxy groups -OCH3 is 1. The van der Waals surface area contributed by atoms with E-state index in [4.69, 9.17) is 9.47 Å². The van der Waals surface area contributed by atoms with Crippen molar-refractivity contribution in [1.82, 2.24) is 0 Å². The Hall–Kier alpha value is -0.0600. The predicted molar refractivity (Wildman–Crippen MR) is 75.9 cm³/mol. The van der Waals surface area contributed by atoms with Gasteiger partial charge in [0.25, 0.3) is 0 Å². The molecule has 2 nitrogen and oxygen atoms in total. The van der Waals surface area contributed by atoms with Crippen LogP contribution >= 0.6 is 31.9 Å². The van der Waals surface area contributed by atoms with E-state index in [1.807, 2.05) is 6.07 Å². The van der Waals surface area contributed by atoms with Crippen LogP contribution < -0.4 is 4.74 Å². The number of ether oxygens (including phenoxy) is 2. The topological polar surface area (TPSA) is 18.5 Å². The Balaban J connectivity index is 2.14. The molecule has 17 heavy (non-hydrogen) atoms. The molecule has 1 aromatic rings. The molecule has 4 heteroatoms. The van der Waals surface area contributed by atoms with Gasteiger partial charge in [-0.1, -0.05) is 22.0 Å². The lowest BCUT2D eigenvalue weighted by atomic mass is 10.1. The SMILES string of the molecule is COc1ccc(C(Br)C2CCC(C)O2)cc1Br. The zero-order chi connectivity index (χ0) is 12.4. The van der Waals surface area contributed by atoms with Gasteiger partial charge in [-0.3, -0.25) is 0 Å². The summed E-state index contributed by atoms with van der Waals surface area (Å²) >= 11 is 7.24. The van der Waals surface area contributed by atoms with Crippen LogP contribution in [0.3, 0.4) is 0 Å². The molecule has 1 aliphatic rings. The third-order valence-corrected chi connectivity index (χ3v) is 4.82. The largest absolute Gasteiger partial charge is 0.496 e. The molecule has 3 unspecified atom stereocenters. The summed E-state index contributed by atoms with van der Waals surface area (Å²) in [7, 11) is 1.67. The molecule has 0 amide bonds. The van der Waals surface area contributed by atoms with Gasteiger partial charge in [0.05, 0.1) is 28.6 Å². The van der Waals surface area contributed by atoms with Crippen LogP contribution in [0, 0.1) is 0 Å². The van der Waals surface area contributed by atoms with E-state index in [0.29, 0.717) is 6.10 Å². The molecule has 0 bridgehead atoms. The molecule has 94 valence electrons. The van der Waals surface area contributed by atoms with E-state index in [1.165, 1.54) is 5.56 Å². The van der Waals surface area contributed by atoms with Crippen molar-refractivity contribution in [1.29, 1.82) is 0 Å². The normalized spacial score (nSPS) is 25.9. The molecular formula is C13H16Br2O2. The second-order valence-corrected chi connectivity index (χ2v) is 6.20. The summed E-state index contributed by atoms with van der Waals surface area (Å²) < 4.78 is 12.1. The van der Waals surface area contributed by atoms with Gasteiger partial charge >= 0.3 is 0 Å². The first kappa shape index (κ1) is 13.4. The summed E-state index contributed by atoms with van der Waals surface area (Å²) in [6.07, 6.45) is 2.90. The summed E-state index contributed by atoms with van der Waals surface area (Å²) in [5, 5.41) is 0. The van der Waals surface area contributed by atoms with E-state index >= 15 is 0 Å². The molecule has 1 fully saturated rings. The number of benzene rings is 1. The van der Waals surface area contributed by atoms with Gasteiger partial charge in [0, 0.05) is 0 Å². The summed E-state index contributed by atoms with van der Waals surface area (Å²) in [6.45, 7) is 2.13. The standard InChI is InChI=1S/C13H16Br2O2/c1-8-3-5-12(17-8)13(15)9-4-6-11(16-2)10(14)7-9/h4,6-8,12-13H,3,5H2,1-2H3. The van der Waals surface area contributed by atoms with Crippen molar-refractivity contribution < 1.29 is 9.47 Å². The van der Waals surface area contributed by atoms with E-state index in [2.05, 4.69) is 50.9 Å². The maximum absolute atomic E-state index is 5.88. The second kappa shape index (κ2) is 5.72. The highest BCUT2D eigenvalue weighted by atomic mass is 79.9. The zero-order valence-electron chi connectivity index (χ0n) is 9.95. The fourth-order valence-corrected chi connectivity index (χ4v) is 3.35. The van der Waals surface area contributed by atoms with E-state index in [1.54, 1.807) is 7.11 Å². The molecule has 1 saturated heterocycles. The van der Waals surface area contributed by atoms with Gasteiger partial charge in [0.15, 0.2) is 0 Å². The van der Waals surface area contributed by atoms with Crippen LogP contribution in [0.5, 0.6) is 5.75 Å². The second-order valence-electron chi connectivity index (χ2n) is 4.36. The summed E-state index contributed by atoms with van der Waals surface area (Å²) in [4.78, 5) is 0.245. The van der Waals surface area contributed by atoms with Crippen molar-refractivity contribution in [2.45, 2.75) is 36.8 Å². The van der Waals surface area contributed by atoms with Crippen molar-refractivity contribution in [2.75, 3.05) is 7.11 Å². The molecule has 0 spiro atoms. The average molecular weight is 364 g/mol. The van der Waals surface area contributed by atoms with Gasteiger partial charge < -0.3 is 9.47 Å². The Kier molecular flexibility index (Phi) is 4.50. The molecule has 0 saturated carbocycles. The van der Waals surface area contributed by atoms with Crippen LogP contribution in [-0.2, 0) is 4.74 Å². The smallest absolute Gasteiger partial charge is 0.133 e. The molecule has 1 aromatic carbocycles. The van der Waals surface area contributed by atoms with E-state index in [-0.39, 0.29) is 10.9 Å². The molecular weight excluding hydrogens is 348 g/mol. The highest BCUT2D eigenvalue weighted by Crippen LogP contribution is 2.38. The first-order chi connectivity index (χ1) is 8.11. The summed E-state index contributed by atoms with van der Waals surface area (Å²) in [5.74, 6) is 0.856. The van der Waals surface area contributed by atoms with E-state index in [0.717, 1.165) is 23.1 Å². The van der Waals surface area contributed by atoms with Crippen LogP contribution in [0.2, 0.25) is 0 Å². The minimum Gasteiger partial charge on any atom is -0.496 e. The molecule has 3 atom stereocenters. The van der Waals surface area contributed by atoms with Crippen molar-refractivity contribution in [3.05, 3.63) is 28.2 Å². The number of hydrogen-bond donors (Lipinski definition) is 0. The van der Waals surface area contributed by atoms with Gasteiger partial charge in [-0.2, -0.15) is 0 Å². The Labute approximate surface area is 119 Å². The fraction of sp³-hybridized carbons (Fsp3) is 0.538. The highest BCUT2D eigenvalue weighted by molar-refractivity contribution is 9.10. The number of alkyl halides is 1. The van der Waals surface area contributed by atoms with Crippen LogP contribution in [0.1, 0.15) is 30.2 Å². The van der Waals surface area contributed by atoms with Crippen LogP contribution in [0.25, 0.3) is 0 Å². The first-order valence-corrected chi connectivity index (χ1v) is 7.45. The van der Waals surface area contributed by atoms with Gasteiger partial charge in [-0.15, -0.1) is 0 Å². The Morgan fingerprint density at radius 3 is 2.71 bits per heavy atom. The maximum atomic E-state index is 5.88. The number of hydrogen-bond acceptors (Lipinski definition) is 2. The molecule has 1 heterocycles. The van der Waals surface area contributed by atoms with Crippen molar-refractivity contribution in [2.24, 2.45) is 0 Å². The van der Waals surface area contributed by atoms with Gasteiger partial charge in [-0.25, -0.2) is 0 Å². The van der Waals surface area contributed by atoms with Crippen LogP contribution in [0.4, 0.5) is 0 Å². The molecule has 0 aliphatic carbocycles. The Bertz CT molecular complexity index is 395. The molecule has 0 aromatic heterocycles. The van der Waals surface area contributed by atoms with E-state index < -0.39 is 0 Å². The lowest BCUT2D eigenvalue weighted by molar-refractivity contribution is 0.0556. The minimum atomic E-state index is 0.245. The molecule has 0 radical (unpaired) electrons. The molecule has 0 N–H and O–H groups in total. The Morgan fingerprint density at radius 1 is 1.41 bits per heavy atom. The summed E-state index contributed by atoms with van der Waals surface area (Å²) in [6, 6.07) is 6.14. The number of halogens is 2. The lowest BCUT2D eigenvalue weighted by Gasteiger charge is -2.19. The van der Waals surface area contributed by atoms with Crippen LogP contribution in [0.15, 0.2) is 22.7 Å². The molecule has 2 rings (SSSR count). The quantitative estimate of drug-likeness (QED) is 0.738. The lowest BCUT2D eigenvalue weighted by Crippen LogP contribution is -2.14. The summed E-state index contributed by atoms with van der Waals surface area (Å²) in [5.41, 5.74) is 1.22. The van der Waals surface area contributed by atoms with E-state index in [9.17, 15) is 0 Å². The highest BCUT2D eigenvalue weighted by Gasteiger charge is 2.29. The first-order valence-electron chi connectivity index (χ1n) is 5.74. The average Bonchev–Trinajstić information content (AvgIpc) is 2.75. The maximum Gasteiger partial charge on any atom is 0.133 e. The zero-order valence-corrected chi connectivity index (χ0v) is 13.1. The van der Waals surface area contributed by atoms with Gasteiger partial charge in [-0.05, 0) is 53.4 Å². The monoisotopic (exact) mass is 362 g/mol. The van der Waals surface area contributed by atoms with Gasteiger partial charge in [0.1, 0.15) is 5.75 Å². The third kappa shape index (κ3) is 3.04. The van der Waals surface area contributed by atoms with Crippen molar-refractivity contribution in [3.63, 3.8) is 0 Å². The van der Waals surface area contributed by atoms with Crippen LogP contribution in [-0.4, -0.2) is 19.3 Å². The minimum absolute atomic E-state index is 0.245. The van der Waals surface area contributed by atoms with Gasteiger partial charge in [0.2, 0.25) is 0 Å². The number of rotatable bonds is 3. The predicted octanol–water partition coefficient (Wildman–Crippen LogP) is 4.46. The van der Waals surface area contributed by atoms with Crippen molar-refractivity contribution in [3.8, 4) is 5.75 Å².